The largest absolute Gasteiger partial charge is 0.319 e. The van der Waals surface area contributed by atoms with Crippen LogP contribution in [0.2, 0.25) is 0 Å². The average molecular weight is 183 g/mol. The molecule has 0 aliphatic carbocycles. The van der Waals surface area contributed by atoms with E-state index in [4.69, 9.17) is 5.73 Å². The molecule has 6 heteroatoms. The van der Waals surface area contributed by atoms with Gasteiger partial charge in [0.25, 0.3) is 0 Å². The van der Waals surface area contributed by atoms with E-state index in [1.807, 2.05) is 0 Å². The summed E-state index contributed by atoms with van der Waals surface area (Å²) in [5.74, 6) is 0.312. The Morgan fingerprint density at radius 1 is 1.62 bits per heavy atom. The molecule has 0 saturated carbocycles. The third-order valence-electron chi connectivity index (χ3n) is 1.59. The van der Waals surface area contributed by atoms with Crippen LogP contribution in [0.4, 0.5) is 0 Å². The van der Waals surface area contributed by atoms with Gasteiger partial charge < -0.3 is 5.73 Å². The van der Waals surface area contributed by atoms with Crippen molar-refractivity contribution in [3.05, 3.63) is 5.82 Å². The van der Waals surface area contributed by atoms with Crippen molar-refractivity contribution in [1.82, 2.24) is 20.2 Å². The van der Waals surface area contributed by atoms with Gasteiger partial charge in [0.05, 0.1) is 19.0 Å². The number of nitrogens with zero attached hydrogens (tertiary/aromatic N) is 4. The summed E-state index contributed by atoms with van der Waals surface area (Å²) in [4.78, 5) is 12.7. The molecular formula is C7H13N5O. The number of carbonyl (C=O) groups is 1. The van der Waals surface area contributed by atoms with Crippen LogP contribution in [-0.4, -0.2) is 31.5 Å². The third kappa shape index (κ3) is 2.59. The molecule has 1 heterocycles. The maximum absolute atomic E-state index is 11.4. The van der Waals surface area contributed by atoms with Crippen molar-refractivity contribution < 1.29 is 4.79 Å². The van der Waals surface area contributed by atoms with E-state index in [1.165, 1.54) is 4.80 Å². The molecule has 13 heavy (non-hydrogen) atoms. The smallest absolute Gasteiger partial charge is 0.182 e. The minimum Gasteiger partial charge on any atom is -0.319 e. The molecule has 0 fully saturated rings. The van der Waals surface area contributed by atoms with Crippen LogP contribution < -0.4 is 5.73 Å². The van der Waals surface area contributed by atoms with E-state index in [9.17, 15) is 4.79 Å². The van der Waals surface area contributed by atoms with Gasteiger partial charge in [-0.05, 0) is 19.1 Å². The minimum absolute atomic E-state index is 0.0968. The molecule has 1 aromatic rings. The van der Waals surface area contributed by atoms with Crippen LogP contribution in [0.25, 0.3) is 0 Å². The highest BCUT2D eigenvalue weighted by molar-refractivity contribution is 5.88. The van der Waals surface area contributed by atoms with Crippen molar-refractivity contribution in [2.75, 3.05) is 0 Å². The monoisotopic (exact) mass is 183 g/mol. The minimum atomic E-state index is -0.834. The maximum atomic E-state index is 11.4. The molecule has 2 N–H and O–H groups in total. The Balaban J connectivity index is 2.65. The summed E-state index contributed by atoms with van der Waals surface area (Å²) in [6.45, 7) is 3.32. The Bertz CT molecular complexity index is 311. The zero-order chi connectivity index (χ0) is 10.1. The first kappa shape index (κ1) is 9.79. The van der Waals surface area contributed by atoms with Crippen molar-refractivity contribution in [2.24, 2.45) is 12.8 Å². The maximum Gasteiger partial charge on any atom is 0.182 e. The summed E-state index contributed by atoms with van der Waals surface area (Å²) in [5.41, 5.74) is 4.77. The standard InChI is InChI=1S/C7H13N5O/c1-7(2,8)5(13)4-6-9-11-12(3)10-6/h4,8H2,1-3H3. The van der Waals surface area contributed by atoms with E-state index in [-0.39, 0.29) is 12.2 Å². The number of carbonyl (C=O) groups excluding carboxylic acids is 1. The molecule has 0 saturated heterocycles. The predicted octanol–water partition coefficient (Wildman–Crippen LogP) is -0.941. The van der Waals surface area contributed by atoms with Crippen LogP contribution in [0.1, 0.15) is 19.7 Å². The Labute approximate surface area is 76.1 Å². The zero-order valence-electron chi connectivity index (χ0n) is 7.98. The van der Waals surface area contributed by atoms with E-state index >= 15 is 0 Å². The number of hydrogen-bond donors (Lipinski definition) is 1. The molecule has 0 radical (unpaired) electrons. The summed E-state index contributed by atoms with van der Waals surface area (Å²) in [7, 11) is 1.65. The number of Topliss-reactive ketones (excluding diaryl/α,β-unsaturated/α-hetero) is 1. The summed E-state index contributed by atoms with van der Waals surface area (Å²) >= 11 is 0. The number of aromatic nitrogens is 4. The molecule has 72 valence electrons. The molecule has 0 spiro atoms. The molecule has 0 aliphatic heterocycles. The van der Waals surface area contributed by atoms with Crippen LogP contribution in [0.5, 0.6) is 0 Å². The Morgan fingerprint density at radius 3 is 2.62 bits per heavy atom. The quantitative estimate of drug-likeness (QED) is 0.653. The third-order valence-corrected chi connectivity index (χ3v) is 1.59. The van der Waals surface area contributed by atoms with Gasteiger partial charge in [-0.15, -0.1) is 10.2 Å². The normalized spacial score (nSPS) is 11.7. The molecule has 6 nitrogen and oxygen atoms in total. The molecule has 0 aromatic carbocycles. The number of aryl methyl sites for hydroxylation is 1. The number of ketones is 1. The van der Waals surface area contributed by atoms with Crippen LogP contribution in [-0.2, 0) is 18.3 Å². The molecule has 1 aromatic heterocycles. The van der Waals surface area contributed by atoms with Gasteiger partial charge in [0.15, 0.2) is 11.6 Å². The average Bonchev–Trinajstić information content (AvgIpc) is 2.33. The van der Waals surface area contributed by atoms with Crippen molar-refractivity contribution in [2.45, 2.75) is 25.8 Å². The number of hydrogen-bond acceptors (Lipinski definition) is 5. The lowest BCUT2D eigenvalue weighted by Crippen LogP contribution is -2.42. The topological polar surface area (TPSA) is 86.7 Å². The van der Waals surface area contributed by atoms with E-state index in [2.05, 4.69) is 15.4 Å². The first-order valence-electron chi connectivity index (χ1n) is 3.94. The highest BCUT2D eigenvalue weighted by Gasteiger charge is 2.23. The molecule has 0 aliphatic rings. The predicted molar refractivity (Wildman–Crippen MR) is 45.8 cm³/mol. The number of tetrazole rings is 1. The van der Waals surface area contributed by atoms with Crippen molar-refractivity contribution in [3.63, 3.8) is 0 Å². The van der Waals surface area contributed by atoms with Gasteiger partial charge in [-0.25, -0.2) is 0 Å². The number of rotatable bonds is 3. The zero-order valence-corrected chi connectivity index (χ0v) is 7.98. The van der Waals surface area contributed by atoms with Gasteiger partial charge in [-0.2, -0.15) is 4.80 Å². The fourth-order valence-electron chi connectivity index (χ4n) is 0.766. The van der Waals surface area contributed by atoms with Gasteiger partial charge in [0.1, 0.15) is 0 Å². The van der Waals surface area contributed by atoms with Gasteiger partial charge >= 0.3 is 0 Å². The highest BCUT2D eigenvalue weighted by Crippen LogP contribution is 2.02. The Hall–Kier alpha value is -1.30. The van der Waals surface area contributed by atoms with Crippen molar-refractivity contribution in [1.29, 1.82) is 0 Å². The van der Waals surface area contributed by atoms with Crippen molar-refractivity contribution in [3.8, 4) is 0 Å². The summed E-state index contributed by atoms with van der Waals surface area (Å²) in [6.07, 6.45) is 0.136. The lowest BCUT2D eigenvalue weighted by atomic mass is 9.98. The summed E-state index contributed by atoms with van der Waals surface area (Å²) in [5, 5.41) is 11.2. The Kier molecular flexibility index (Phi) is 2.42. The van der Waals surface area contributed by atoms with E-state index in [0.717, 1.165) is 0 Å². The molecule has 0 unspecified atom stereocenters. The Morgan fingerprint density at radius 2 is 2.23 bits per heavy atom. The van der Waals surface area contributed by atoms with E-state index in [1.54, 1.807) is 20.9 Å². The fraction of sp³-hybridized carbons (Fsp3) is 0.714. The number of nitrogens with two attached hydrogens (primary N) is 1. The van der Waals surface area contributed by atoms with Crippen LogP contribution in [0.15, 0.2) is 0 Å². The second kappa shape index (κ2) is 3.21. The van der Waals surface area contributed by atoms with E-state index < -0.39 is 5.54 Å². The van der Waals surface area contributed by atoms with Gasteiger partial charge in [-0.3, -0.25) is 4.79 Å². The highest BCUT2D eigenvalue weighted by atomic mass is 16.1. The first-order chi connectivity index (χ1) is 5.89. The summed E-state index contributed by atoms with van der Waals surface area (Å²) < 4.78 is 0. The van der Waals surface area contributed by atoms with Gasteiger partial charge in [0, 0.05) is 0 Å². The van der Waals surface area contributed by atoms with E-state index in [0.29, 0.717) is 5.82 Å². The molecule has 0 atom stereocenters. The SMILES string of the molecule is Cn1nnc(CC(=O)C(C)(C)N)n1. The second-order valence-electron chi connectivity index (χ2n) is 3.52. The molecule has 0 bridgehead atoms. The lowest BCUT2D eigenvalue weighted by Gasteiger charge is -2.14. The van der Waals surface area contributed by atoms with Crippen LogP contribution in [0.3, 0.4) is 0 Å². The lowest BCUT2D eigenvalue weighted by molar-refractivity contribution is -0.122. The van der Waals surface area contributed by atoms with Gasteiger partial charge in [-0.1, -0.05) is 0 Å². The molecule has 0 amide bonds. The first-order valence-corrected chi connectivity index (χ1v) is 3.94. The van der Waals surface area contributed by atoms with Gasteiger partial charge in [0.2, 0.25) is 0 Å². The van der Waals surface area contributed by atoms with Crippen molar-refractivity contribution >= 4 is 5.78 Å². The molecule has 1 rings (SSSR count). The van der Waals surface area contributed by atoms with Crippen LogP contribution in [0, 0.1) is 0 Å². The summed E-state index contributed by atoms with van der Waals surface area (Å²) in [6, 6.07) is 0. The second-order valence-corrected chi connectivity index (χ2v) is 3.52. The fourth-order valence-corrected chi connectivity index (χ4v) is 0.766. The van der Waals surface area contributed by atoms with Crippen LogP contribution >= 0.6 is 0 Å². The molecular weight excluding hydrogens is 170 g/mol.